The highest BCUT2D eigenvalue weighted by molar-refractivity contribution is 5.39. The maximum atomic E-state index is 12.5. The number of rotatable bonds is 7. The molecule has 0 amide bonds. The molecular formula is C41H63NO7. The van der Waals surface area contributed by atoms with Crippen molar-refractivity contribution in [1.29, 1.82) is 0 Å². The zero-order chi connectivity index (χ0) is 33.5. The summed E-state index contributed by atoms with van der Waals surface area (Å²) in [6, 6.07) is 1.32. The van der Waals surface area contributed by atoms with E-state index >= 15 is 0 Å². The minimum Gasteiger partial charge on any atom is -0.385 e. The van der Waals surface area contributed by atoms with Crippen molar-refractivity contribution in [3.8, 4) is 11.8 Å². The molecule has 0 aromatic rings. The second-order valence-corrected chi connectivity index (χ2v) is 17.5. The number of ether oxygens (including phenoxy) is 5. The van der Waals surface area contributed by atoms with Crippen molar-refractivity contribution in [2.24, 2.45) is 29.1 Å². The van der Waals surface area contributed by atoms with Gasteiger partial charge in [0, 0.05) is 36.9 Å². The molecule has 8 heteroatoms. The molecule has 3 N–H and O–H groups in total. The van der Waals surface area contributed by atoms with Crippen LogP contribution in [-0.2, 0) is 23.7 Å². The molecule has 49 heavy (non-hydrogen) atoms. The Morgan fingerprint density at radius 2 is 1.59 bits per heavy atom. The van der Waals surface area contributed by atoms with Gasteiger partial charge in [0.15, 0.2) is 18.9 Å². The van der Waals surface area contributed by atoms with Gasteiger partial charge in [0.1, 0.15) is 12.2 Å². The topological polar surface area (TPSA) is 98.6 Å². The van der Waals surface area contributed by atoms with Gasteiger partial charge < -0.3 is 39.2 Å². The molecule has 5 saturated carbocycles. The van der Waals surface area contributed by atoms with Gasteiger partial charge in [0.05, 0.1) is 18.8 Å². The van der Waals surface area contributed by atoms with E-state index in [1.165, 1.54) is 63.4 Å². The summed E-state index contributed by atoms with van der Waals surface area (Å²) in [5.74, 6) is 7.70. The fraction of sp³-hybridized carbons (Fsp3) is 0.902. The minimum absolute atomic E-state index is 0.164. The molecule has 7 atom stereocenters. The molecule has 6 aliphatic carbocycles. The van der Waals surface area contributed by atoms with E-state index < -0.39 is 17.0 Å². The van der Waals surface area contributed by atoms with Crippen molar-refractivity contribution >= 4 is 0 Å². The van der Waals surface area contributed by atoms with Crippen molar-refractivity contribution in [3.05, 3.63) is 11.1 Å². The lowest BCUT2D eigenvalue weighted by molar-refractivity contribution is -0.209. The van der Waals surface area contributed by atoms with E-state index in [9.17, 15) is 10.2 Å². The third-order valence-corrected chi connectivity index (χ3v) is 14.8. The fourth-order valence-electron chi connectivity index (χ4n) is 12.2. The molecular weight excluding hydrogens is 618 g/mol. The molecule has 8 aliphatic rings. The summed E-state index contributed by atoms with van der Waals surface area (Å²) in [4.78, 5) is 0. The Hall–Kier alpha value is -1.02. The quantitative estimate of drug-likeness (QED) is 0.121. The Morgan fingerprint density at radius 3 is 2.37 bits per heavy atom. The molecule has 8 rings (SSSR count). The van der Waals surface area contributed by atoms with Crippen molar-refractivity contribution in [2.45, 2.75) is 171 Å². The number of aliphatic hydroxyl groups is 2. The zero-order valence-electron chi connectivity index (χ0n) is 30.2. The van der Waals surface area contributed by atoms with Gasteiger partial charge in [-0.2, -0.15) is 0 Å². The summed E-state index contributed by atoms with van der Waals surface area (Å²) < 4.78 is 29.5. The van der Waals surface area contributed by atoms with Crippen LogP contribution in [0.3, 0.4) is 0 Å². The van der Waals surface area contributed by atoms with Crippen LogP contribution in [-0.4, -0.2) is 78.8 Å². The van der Waals surface area contributed by atoms with Gasteiger partial charge in [0.25, 0.3) is 0 Å². The number of fused-ring (bicyclic) bond motifs is 4. The van der Waals surface area contributed by atoms with E-state index in [1.807, 2.05) is 0 Å². The molecule has 8 nitrogen and oxygen atoms in total. The second-order valence-electron chi connectivity index (χ2n) is 17.5. The molecule has 2 aliphatic heterocycles. The van der Waals surface area contributed by atoms with Crippen LogP contribution in [0.25, 0.3) is 0 Å². The summed E-state index contributed by atoms with van der Waals surface area (Å²) in [6.45, 7) is 4.76. The Bertz CT molecular complexity index is 1250. The number of allylic oxidation sites excluding steroid dienone is 1. The third-order valence-electron chi connectivity index (χ3n) is 14.8. The molecule has 7 fully saturated rings. The Balaban J connectivity index is 1.02. The zero-order valence-corrected chi connectivity index (χ0v) is 30.2. The Labute approximate surface area is 294 Å². The monoisotopic (exact) mass is 681 g/mol. The van der Waals surface area contributed by atoms with Crippen molar-refractivity contribution in [1.82, 2.24) is 5.32 Å². The van der Waals surface area contributed by atoms with Gasteiger partial charge in [-0.15, -0.1) is 0 Å². The lowest BCUT2D eigenvalue weighted by Gasteiger charge is -2.58. The first-order valence-electron chi connectivity index (χ1n) is 20.3. The summed E-state index contributed by atoms with van der Waals surface area (Å²) in [5.41, 5.74) is 0.705. The van der Waals surface area contributed by atoms with Gasteiger partial charge >= 0.3 is 0 Å². The van der Waals surface area contributed by atoms with E-state index in [2.05, 4.69) is 24.1 Å². The van der Waals surface area contributed by atoms with E-state index in [4.69, 9.17) is 23.7 Å². The van der Waals surface area contributed by atoms with Crippen LogP contribution >= 0.6 is 0 Å². The predicted octanol–water partition coefficient (Wildman–Crippen LogP) is 6.52. The van der Waals surface area contributed by atoms with Crippen molar-refractivity contribution < 1.29 is 33.9 Å². The lowest BCUT2D eigenvalue weighted by atomic mass is 9.48. The van der Waals surface area contributed by atoms with E-state index in [0.717, 1.165) is 64.4 Å². The summed E-state index contributed by atoms with van der Waals surface area (Å²) in [6.07, 6.45) is 21.2. The average Bonchev–Trinajstić information content (AvgIpc) is 3.67. The SMILES string of the molecule is CC12CC(C3CCC(NC4CCCCC4)CC3)C3=C4CCC5(CC4(O)CCC3C1CCC2(O)C#CCOCOC1CCCCO1)OCCO5. The Kier molecular flexibility index (Phi) is 10.3. The van der Waals surface area contributed by atoms with Crippen LogP contribution in [0.5, 0.6) is 0 Å². The number of hydrogen-bond donors (Lipinski definition) is 3. The smallest absolute Gasteiger partial charge is 0.171 e. The van der Waals surface area contributed by atoms with E-state index in [0.29, 0.717) is 61.8 Å². The molecule has 2 heterocycles. The van der Waals surface area contributed by atoms with Gasteiger partial charge in [-0.1, -0.05) is 43.6 Å². The van der Waals surface area contributed by atoms with Crippen LogP contribution in [0, 0.1) is 40.9 Å². The highest BCUT2D eigenvalue weighted by atomic mass is 16.7. The highest BCUT2D eigenvalue weighted by Crippen LogP contribution is 2.67. The maximum absolute atomic E-state index is 12.5. The van der Waals surface area contributed by atoms with E-state index in [-0.39, 0.29) is 25.1 Å². The molecule has 0 aromatic carbocycles. The van der Waals surface area contributed by atoms with Crippen LogP contribution in [0.1, 0.15) is 135 Å². The largest absolute Gasteiger partial charge is 0.385 e. The Morgan fingerprint density at radius 1 is 0.816 bits per heavy atom. The van der Waals surface area contributed by atoms with Crippen molar-refractivity contribution in [3.63, 3.8) is 0 Å². The lowest BCUT2D eigenvalue weighted by Crippen LogP contribution is -2.56. The standard InChI is InChI=1S/C41H63NO7/c1-38-26-33(29-11-13-31(14-12-29)42-30-8-3-2-4-9-30)37-32(15-19-39(43)27-41(21-17-35(37)39)48-24-25-49-41)34(38)16-20-40(38,44)18-7-22-45-28-47-36-10-5-6-23-46-36/h29-34,36,42-44H,2-6,8-17,19-28H2,1H3. The van der Waals surface area contributed by atoms with Gasteiger partial charge in [0.2, 0.25) is 0 Å². The summed E-state index contributed by atoms with van der Waals surface area (Å²) in [7, 11) is 0. The molecule has 7 unspecified atom stereocenters. The third kappa shape index (κ3) is 6.83. The maximum Gasteiger partial charge on any atom is 0.171 e. The molecule has 1 spiro atoms. The van der Waals surface area contributed by atoms with E-state index in [1.54, 1.807) is 5.57 Å². The number of hydrogen-bond acceptors (Lipinski definition) is 8. The molecule has 0 radical (unpaired) electrons. The first kappa shape index (κ1) is 35.0. The first-order chi connectivity index (χ1) is 23.8. The van der Waals surface area contributed by atoms with Crippen molar-refractivity contribution in [2.75, 3.05) is 33.2 Å². The molecule has 274 valence electrons. The van der Waals surface area contributed by atoms with Crippen LogP contribution < -0.4 is 5.32 Å². The van der Waals surface area contributed by atoms with Gasteiger partial charge in [-0.05, 0) is 126 Å². The second kappa shape index (κ2) is 14.4. The van der Waals surface area contributed by atoms with Gasteiger partial charge in [-0.3, -0.25) is 0 Å². The highest BCUT2D eigenvalue weighted by Gasteiger charge is 2.65. The average molecular weight is 682 g/mol. The van der Waals surface area contributed by atoms with Crippen LogP contribution in [0.2, 0.25) is 0 Å². The predicted molar refractivity (Wildman–Crippen MR) is 186 cm³/mol. The minimum atomic E-state index is -1.04. The molecule has 0 bridgehead atoms. The molecule has 2 saturated heterocycles. The van der Waals surface area contributed by atoms with Crippen LogP contribution in [0.15, 0.2) is 11.1 Å². The normalized spacial score (nSPS) is 43.8. The summed E-state index contributed by atoms with van der Waals surface area (Å²) in [5, 5.41) is 29.0. The first-order valence-corrected chi connectivity index (χ1v) is 20.3. The fourth-order valence-corrected chi connectivity index (χ4v) is 12.2. The van der Waals surface area contributed by atoms with Gasteiger partial charge in [-0.25, -0.2) is 0 Å². The summed E-state index contributed by atoms with van der Waals surface area (Å²) >= 11 is 0. The number of nitrogens with one attached hydrogen (secondary N) is 1. The van der Waals surface area contributed by atoms with Crippen LogP contribution in [0.4, 0.5) is 0 Å². The molecule has 0 aromatic heterocycles.